The molecular weight excluding hydrogens is 276 g/mol. The molecule has 0 unspecified atom stereocenters. The van der Waals surface area contributed by atoms with Gasteiger partial charge < -0.3 is 20.9 Å². The smallest absolute Gasteiger partial charge is 0.198 e. The van der Waals surface area contributed by atoms with E-state index in [9.17, 15) is 0 Å². The molecule has 2 rings (SSSR count). The van der Waals surface area contributed by atoms with Gasteiger partial charge in [0.05, 0.1) is 5.71 Å². The second kappa shape index (κ2) is 6.96. The molecule has 1 fully saturated rings. The predicted molar refractivity (Wildman–Crippen MR) is 93.1 cm³/mol. The van der Waals surface area contributed by atoms with E-state index in [1.54, 1.807) is 7.05 Å². The number of nitrogens with zero attached hydrogens (tertiary/aromatic N) is 4. The molecule has 0 aromatic rings. The normalized spacial score (nSPS) is 24.0. The van der Waals surface area contributed by atoms with Crippen molar-refractivity contribution >= 4 is 11.7 Å². The van der Waals surface area contributed by atoms with Crippen molar-refractivity contribution in [1.82, 2.24) is 15.1 Å². The van der Waals surface area contributed by atoms with Crippen LogP contribution in [0.3, 0.4) is 0 Å². The lowest BCUT2D eigenvalue weighted by atomic mass is 10.0. The van der Waals surface area contributed by atoms with Crippen LogP contribution in [0.2, 0.25) is 0 Å². The van der Waals surface area contributed by atoms with Crippen molar-refractivity contribution in [1.29, 1.82) is 0 Å². The maximum Gasteiger partial charge on any atom is 0.198 e. The quantitative estimate of drug-likeness (QED) is 0.756. The van der Waals surface area contributed by atoms with Gasteiger partial charge in [-0.2, -0.15) is 0 Å². The minimum Gasteiger partial charge on any atom is -0.402 e. The van der Waals surface area contributed by atoms with Crippen LogP contribution >= 0.6 is 0 Å². The molecule has 0 spiro atoms. The molecule has 2 heterocycles. The van der Waals surface area contributed by atoms with E-state index < -0.39 is 0 Å². The van der Waals surface area contributed by atoms with Gasteiger partial charge in [-0.25, -0.2) is 4.99 Å². The van der Waals surface area contributed by atoms with Gasteiger partial charge in [0.15, 0.2) is 5.96 Å². The van der Waals surface area contributed by atoms with Crippen molar-refractivity contribution in [2.24, 2.45) is 15.7 Å². The molecule has 0 aromatic heterocycles. The summed E-state index contributed by atoms with van der Waals surface area (Å²) in [6.45, 7) is 6.71. The molecule has 122 valence electrons. The summed E-state index contributed by atoms with van der Waals surface area (Å²) in [6.07, 6.45) is 3.10. The van der Waals surface area contributed by atoms with E-state index in [1.165, 1.54) is 6.42 Å². The molecule has 0 bridgehead atoms. The average Bonchev–Trinajstić information content (AvgIpc) is 2.98. The van der Waals surface area contributed by atoms with Crippen LogP contribution in [-0.2, 0) is 0 Å². The maximum absolute atomic E-state index is 5.89. The molecule has 22 heavy (non-hydrogen) atoms. The zero-order chi connectivity index (χ0) is 16.3. The van der Waals surface area contributed by atoms with E-state index in [0.29, 0.717) is 6.04 Å². The predicted octanol–water partition coefficient (Wildman–Crippen LogP) is 0.789. The lowest BCUT2D eigenvalue weighted by molar-refractivity contribution is 0.300. The van der Waals surface area contributed by atoms with Gasteiger partial charge in [0.1, 0.15) is 0 Å². The Labute approximate surface area is 133 Å². The zero-order valence-electron chi connectivity index (χ0n) is 14.3. The monoisotopic (exact) mass is 304 g/mol. The molecule has 1 saturated heterocycles. The standard InChI is InChI=1S/C16H28N6/c1-11(12(2)17)15(18-3)13-8-19-16(20-9-13)22-7-6-14(10-22)21(4)5/h8,14H,6-7,9-10,17H2,1-5H3,(H,19,20)/b12-11+,18-15+/t14-/m1/s1. The van der Waals surface area contributed by atoms with E-state index in [-0.39, 0.29) is 0 Å². The van der Waals surface area contributed by atoms with Crippen molar-refractivity contribution in [3.05, 3.63) is 23.0 Å². The Balaban J connectivity index is 2.11. The Kier molecular flexibility index (Phi) is 5.24. The minimum atomic E-state index is 0.604. The molecule has 3 N–H and O–H groups in total. The van der Waals surface area contributed by atoms with Gasteiger partial charge in [-0.15, -0.1) is 0 Å². The first-order valence-electron chi connectivity index (χ1n) is 7.76. The molecule has 6 heteroatoms. The summed E-state index contributed by atoms with van der Waals surface area (Å²) in [5, 5.41) is 3.42. The summed E-state index contributed by atoms with van der Waals surface area (Å²) in [7, 11) is 6.07. The number of hydrogen-bond acceptors (Lipinski definition) is 6. The highest BCUT2D eigenvalue weighted by Crippen LogP contribution is 2.16. The van der Waals surface area contributed by atoms with Crippen LogP contribution in [-0.4, -0.2) is 68.3 Å². The number of nitrogens with one attached hydrogen (secondary N) is 1. The van der Waals surface area contributed by atoms with E-state index in [1.807, 2.05) is 20.0 Å². The highest BCUT2D eigenvalue weighted by molar-refractivity contribution is 6.13. The average molecular weight is 304 g/mol. The van der Waals surface area contributed by atoms with Gasteiger partial charge in [0.25, 0.3) is 0 Å². The van der Waals surface area contributed by atoms with E-state index in [0.717, 1.165) is 48.1 Å². The molecule has 0 amide bonds. The summed E-state index contributed by atoms with van der Waals surface area (Å²) in [6, 6.07) is 0.604. The molecule has 0 aromatic carbocycles. The largest absolute Gasteiger partial charge is 0.402 e. The van der Waals surface area contributed by atoms with Crippen molar-refractivity contribution in [3.8, 4) is 0 Å². The molecule has 2 aliphatic rings. The third kappa shape index (κ3) is 3.50. The topological polar surface area (TPSA) is 69.2 Å². The van der Waals surface area contributed by atoms with Crippen molar-refractivity contribution in [2.45, 2.75) is 26.3 Å². The number of likely N-dealkylation sites (tertiary alicyclic amines) is 1. The third-order valence-corrected chi connectivity index (χ3v) is 4.45. The van der Waals surface area contributed by atoms with Crippen molar-refractivity contribution in [3.63, 3.8) is 0 Å². The van der Waals surface area contributed by atoms with Gasteiger partial charge >= 0.3 is 0 Å². The van der Waals surface area contributed by atoms with Gasteiger partial charge in [-0.3, -0.25) is 4.99 Å². The lowest BCUT2D eigenvalue weighted by Gasteiger charge is -2.26. The van der Waals surface area contributed by atoms with Gasteiger partial charge in [0.2, 0.25) is 0 Å². The van der Waals surface area contributed by atoms with E-state index in [2.05, 4.69) is 39.2 Å². The number of guanidine groups is 1. The highest BCUT2D eigenvalue weighted by atomic mass is 15.3. The first kappa shape index (κ1) is 16.5. The number of allylic oxidation sites excluding steroid dienone is 2. The van der Waals surface area contributed by atoms with Crippen LogP contribution in [0.1, 0.15) is 20.3 Å². The van der Waals surface area contributed by atoms with Crippen LogP contribution in [0.25, 0.3) is 0 Å². The Morgan fingerprint density at radius 1 is 1.45 bits per heavy atom. The number of rotatable bonds is 3. The maximum atomic E-state index is 5.89. The molecule has 2 aliphatic heterocycles. The molecule has 0 aliphatic carbocycles. The van der Waals surface area contributed by atoms with Crippen LogP contribution < -0.4 is 11.1 Å². The number of likely N-dealkylation sites (N-methyl/N-ethyl adjacent to an activating group) is 1. The molecular formula is C16H28N6. The fourth-order valence-corrected chi connectivity index (χ4v) is 2.84. The van der Waals surface area contributed by atoms with Gasteiger partial charge in [-0.1, -0.05) is 0 Å². The molecule has 1 atom stereocenters. The summed E-state index contributed by atoms with van der Waals surface area (Å²) in [5.74, 6) is 0.967. The fraction of sp³-hybridized carbons (Fsp3) is 0.625. The highest BCUT2D eigenvalue weighted by Gasteiger charge is 2.27. The van der Waals surface area contributed by atoms with Crippen molar-refractivity contribution < 1.29 is 0 Å². The summed E-state index contributed by atoms with van der Waals surface area (Å²) in [4.78, 5) is 13.6. The second-order valence-electron chi connectivity index (χ2n) is 6.19. The molecule has 0 saturated carbocycles. The Bertz CT molecular complexity index is 537. The molecule has 6 nitrogen and oxygen atoms in total. The first-order chi connectivity index (χ1) is 10.4. The minimum absolute atomic E-state index is 0.604. The van der Waals surface area contributed by atoms with Crippen LogP contribution in [0.5, 0.6) is 0 Å². The number of nitrogens with two attached hydrogens (primary N) is 1. The first-order valence-corrected chi connectivity index (χ1v) is 7.76. The molecule has 0 radical (unpaired) electrons. The third-order valence-electron chi connectivity index (χ3n) is 4.45. The van der Waals surface area contributed by atoms with Crippen LogP contribution in [0.15, 0.2) is 33.0 Å². The number of aliphatic imine (C=N–C) groups is 2. The van der Waals surface area contributed by atoms with Crippen molar-refractivity contribution in [2.75, 3.05) is 40.8 Å². The number of hydrogen-bond donors (Lipinski definition) is 2. The summed E-state index contributed by atoms with van der Waals surface area (Å²) in [5.41, 5.74) is 9.72. The fourth-order valence-electron chi connectivity index (χ4n) is 2.84. The van der Waals surface area contributed by atoms with E-state index >= 15 is 0 Å². The lowest BCUT2D eigenvalue weighted by Crippen LogP contribution is -2.44. The summed E-state index contributed by atoms with van der Waals surface area (Å²) >= 11 is 0. The van der Waals surface area contributed by atoms with Gasteiger partial charge in [-0.05, 0) is 39.9 Å². The van der Waals surface area contributed by atoms with Crippen LogP contribution in [0.4, 0.5) is 0 Å². The van der Waals surface area contributed by atoms with Gasteiger partial charge in [0, 0.05) is 50.2 Å². The summed E-state index contributed by atoms with van der Waals surface area (Å²) < 4.78 is 0. The second-order valence-corrected chi connectivity index (χ2v) is 6.19. The Morgan fingerprint density at radius 2 is 2.18 bits per heavy atom. The van der Waals surface area contributed by atoms with Crippen LogP contribution in [0, 0.1) is 0 Å². The van der Waals surface area contributed by atoms with E-state index in [4.69, 9.17) is 5.73 Å². The SMILES string of the molecule is C/N=C(C1=CN=C(N2CC[C@@H](N(C)C)C2)NC1)\C(C)=C(/C)N. The Hall–Kier alpha value is -1.82. The Morgan fingerprint density at radius 3 is 2.64 bits per heavy atom. The zero-order valence-corrected chi connectivity index (χ0v) is 14.3.